The number of fused-ring (bicyclic) bond motifs is 4. The first-order valence-electron chi connectivity index (χ1n) is 7.95. The standard InChI is InChI=1S/C16H21N3O3/c1-12(19-7-4-18(5-8-19)6-9-19)16(20)17-13-2-3-14-15(10-13)22-11-21-14/h2-3,10,12H,4-9,11H2,1H3/p+1/t12-/m1/s1. The molecule has 3 saturated heterocycles. The molecule has 0 aliphatic carbocycles. The van der Waals surface area contributed by atoms with Gasteiger partial charge in [-0.25, -0.2) is 0 Å². The summed E-state index contributed by atoms with van der Waals surface area (Å²) >= 11 is 0. The molecule has 22 heavy (non-hydrogen) atoms. The second-order valence-corrected chi connectivity index (χ2v) is 6.46. The van der Waals surface area contributed by atoms with E-state index < -0.39 is 0 Å². The number of piperazine rings is 3. The van der Waals surface area contributed by atoms with Gasteiger partial charge in [0.2, 0.25) is 6.79 Å². The van der Waals surface area contributed by atoms with Crippen LogP contribution in [0, 0.1) is 0 Å². The SMILES string of the molecule is C[C@H](C(=O)Nc1ccc2c(c1)OCO2)[N+]12CCN(CC1)CC2. The van der Waals surface area contributed by atoms with Crippen molar-refractivity contribution >= 4 is 11.6 Å². The number of ether oxygens (including phenoxy) is 2. The number of nitrogens with zero attached hydrogens (tertiary/aromatic N) is 2. The molecule has 118 valence electrons. The maximum atomic E-state index is 12.7. The second-order valence-electron chi connectivity index (χ2n) is 6.46. The van der Waals surface area contributed by atoms with Crippen molar-refractivity contribution in [2.45, 2.75) is 13.0 Å². The maximum absolute atomic E-state index is 12.7. The molecule has 4 aliphatic rings. The van der Waals surface area contributed by atoms with Gasteiger partial charge < -0.3 is 19.3 Å². The Balaban J connectivity index is 1.47. The lowest BCUT2D eigenvalue weighted by molar-refractivity contribution is -0.953. The van der Waals surface area contributed by atoms with Crippen molar-refractivity contribution in [3.05, 3.63) is 18.2 Å². The Kier molecular flexibility index (Phi) is 3.23. The summed E-state index contributed by atoms with van der Waals surface area (Å²) in [5.41, 5.74) is 0.773. The van der Waals surface area contributed by atoms with E-state index in [9.17, 15) is 4.79 Å². The number of hydrogen-bond donors (Lipinski definition) is 1. The molecule has 1 amide bonds. The number of rotatable bonds is 3. The number of carbonyl (C=O) groups is 1. The molecule has 0 aromatic heterocycles. The molecule has 4 aliphatic heterocycles. The van der Waals surface area contributed by atoms with Crippen molar-refractivity contribution in [1.29, 1.82) is 0 Å². The van der Waals surface area contributed by atoms with E-state index in [1.54, 1.807) is 0 Å². The predicted octanol–water partition coefficient (Wildman–Crippen LogP) is 0.888. The summed E-state index contributed by atoms with van der Waals surface area (Å²) in [6.45, 7) is 8.88. The lowest BCUT2D eigenvalue weighted by atomic mass is 10.1. The zero-order valence-electron chi connectivity index (χ0n) is 12.9. The summed E-state index contributed by atoms with van der Waals surface area (Å²) in [7, 11) is 0. The van der Waals surface area contributed by atoms with E-state index in [1.165, 1.54) is 0 Å². The molecule has 5 rings (SSSR count). The van der Waals surface area contributed by atoms with Crippen LogP contribution < -0.4 is 14.8 Å². The minimum Gasteiger partial charge on any atom is -0.454 e. The van der Waals surface area contributed by atoms with Crippen LogP contribution in [0.1, 0.15) is 6.92 Å². The van der Waals surface area contributed by atoms with E-state index in [0.717, 1.165) is 55.2 Å². The van der Waals surface area contributed by atoms with Gasteiger partial charge in [0.25, 0.3) is 5.91 Å². The van der Waals surface area contributed by atoms with Gasteiger partial charge in [-0.05, 0) is 19.1 Å². The minimum atomic E-state index is -0.0205. The van der Waals surface area contributed by atoms with Gasteiger partial charge in [-0.15, -0.1) is 0 Å². The maximum Gasteiger partial charge on any atom is 0.282 e. The Morgan fingerprint density at radius 2 is 1.86 bits per heavy atom. The number of nitrogens with one attached hydrogen (secondary N) is 1. The largest absolute Gasteiger partial charge is 0.454 e. The van der Waals surface area contributed by atoms with Gasteiger partial charge in [0.1, 0.15) is 0 Å². The molecule has 1 aromatic rings. The summed E-state index contributed by atoms with van der Waals surface area (Å²) in [6.07, 6.45) is 0. The zero-order valence-corrected chi connectivity index (χ0v) is 12.9. The Labute approximate surface area is 130 Å². The predicted molar refractivity (Wildman–Crippen MR) is 82.0 cm³/mol. The van der Waals surface area contributed by atoms with Gasteiger partial charge in [-0.2, -0.15) is 0 Å². The van der Waals surface area contributed by atoms with E-state index in [0.29, 0.717) is 5.75 Å². The molecule has 1 atom stereocenters. The highest BCUT2D eigenvalue weighted by molar-refractivity contribution is 5.94. The van der Waals surface area contributed by atoms with E-state index in [4.69, 9.17) is 9.47 Å². The van der Waals surface area contributed by atoms with Gasteiger partial charge in [0.05, 0.1) is 19.6 Å². The van der Waals surface area contributed by atoms with Gasteiger partial charge in [-0.3, -0.25) is 9.69 Å². The Hall–Kier alpha value is -1.79. The second kappa shape index (κ2) is 5.14. The smallest absolute Gasteiger partial charge is 0.282 e. The summed E-state index contributed by atoms with van der Waals surface area (Å²) < 4.78 is 11.6. The monoisotopic (exact) mass is 304 g/mol. The number of carbonyl (C=O) groups excluding carboxylic acids is 1. The summed E-state index contributed by atoms with van der Waals surface area (Å²) in [6, 6.07) is 5.52. The van der Waals surface area contributed by atoms with Crippen LogP contribution in [-0.4, -0.2) is 67.4 Å². The summed E-state index contributed by atoms with van der Waals surface area (Å²) in [4.78, 5) is 15.2. The van der Waals surface area contributed by atoms with Crippen LogP contribution in [0.25, 0.3) is 0 Å². The fourth-order valence-electron chi connectivity index (χ4n) is 3.74. The number of amides is 1. The molecule has 2 bridgehead atoms. The quantitative estimate of drug-likeness (QED) is 0.843. The molecule has 4 heterocycles. The van der Waals surface area contributed by atoms with E-state index in [2.05, 4.69) is 17.1 Å². The van der Waals surface area contributed by atoms with Crippen LogP contribution in [0.5, 0.6) is 11.5 Å². The molecule has 0 spiro atoms. The molecule has 1 N–H and O–H groups in total. The topological polar surface area (TPSA) is 50.8 Å². The van der Waals surface area contributed by atoms with Crippen LogP contribution in [0.15, 0.2) is 18.2 Å². The zero-order chi connectivity index (χ0) is 15.2. The highest BCUT2D eigenvalue weighted by Crippen LogP contribution is 2.34. The fourth-order valence-corrected chi connectivity index (χ4v) is 3.74. The number of anilines is 1. The van der Waals surface area contributed by atoms with Crippen molar-refractivity contribution in [3.63, 3.8) is 0 Å². The van der Waals surface area contributed by atoms with E-state index >= 15 is 0 Å². The van der Waals surface area contributed by atoms with Gasteiger partial charge in [0.15, 0.2) is 17.5 Å². The molecule has 6 heteroatoms. The normalized spacial score (nSPS) is 30.1. The van der Waals surface area contributed by atoms with Gasteiger partial charge in [-0.1, -0.05) is 0 Å². The lowest BCUT2D eigenvalue weighted by Gasteiger charge is -2.52. The van der Waals surface area contributed by atoms with Crippen molar-refractivity contribution in [1.82, 2.24) is 4.90 Å². The average molecular weight is 304 g/mol. The van der Waals surface area contributed by atoms with Crippen LogP contribution in [0.2, 0.25) is 0 Å². The first-order valence-corrected chi connectivity index (χ1v) is 7.95. The highest BCUT2D eigenvalue weighted by Gasteiger charge is 2.45. The molecular formula is C16H22N3O3+. The highest BCUT2D eigenvalue weighted by atomic mass is 16.7. The van der Waals surface area contributed by atoms with E-state index in [1.807, 2.05) is 18.2 Å². The fraction of sp³-hybridized carbons (Fsp3) is 0.562. The Bertz CT molecular complexity index is 583. The third kappa shape index (κ3) is 2.23. The lowest BCUT2D eigenvalue weighted by Crippen LogP contribution is -2.72. The third-order valence-corrected chi connectivity index (χ3v) is 5.43. The summed E-state index contributed by atoms with van der Waals surface area (Å²) in [5, 5.41) is 3.04. The van der Waals surface area contributed by atoms with Crippen LogP contribution in [-0.2, 0) is 4.79 Å². The number of benzene rings is 1. The first kappa shape index (κ1) is 13.8. The Morgan fingerprint density at radius 1 is 1.18 bits per heavy atom. The van der Waals surface area contributed by atoms with Gasteiger partial charge in [0, 0.05) is 31.4 Å². The van der Waals surface area contributed by atoms with Gasteiger partial charge >= 0.3 is 0 Å². The number of quaternary nitrogens is 1. The van der Waals surface area contributed by atoms with Crippen molar-refractivity contribution in [2.75, 3.05) is 51.4 Å². The summed E-state index contributed by atoms with van der Waals surface area (Å²) in [5.74, 6) is 1.53. The molecule has 0 radical (unpaired) electrons. The van der Waals surface area contributed by atoms with Crippen LogP contribution in [0.4, 0.5) is 5.69 Å². The van der Waals surface area contributed by atoms with Crippen LogP contribution >= 0.6 is 0 Å². The molecule has 1 aromatic carbocycles. The molecule has 6 nitrogen and oxygen atoms in total. The van der Waals surface area contributed by atoms with Crippen molar-refractivity contribution in [3.8, 4) is 11.5 Å². The van der Waals surface area contributed by atoms with Crippen molar-refractivity contribution in [2.24, 2.45) is 0 Å². The van der Waals surface area contributed by atoms with Crippen molar-refractivity contribution < 1.29 is 18.8 Å². The van der Waals surface area contributed by atoms with Crippen LogP contribution in [0.3, 0.4) is 0 Å². The molecular weight excluding hydrogens is 282 g/mol. The molecule has 0 unspecified atom stereocenters. The van der Waals surface area contributed by atoms with E-state index in [-0.39, 0.29) is 18.7 Å². The number of hydrogen-bond acceptors (Lipinski definition) is 4. The minimum absolute atomic E-state index is 0.0205. The Morgan fingerprint density at radius 3 is 2.59 bits per heavy atom. The molecule has 0 saturated carbocycles. The average Bonchev–Trinajstić information content (AvgIpc) is 3.03. The third-order valence-electron chi connectivity index (χ3n) is 5.43. The molecule has 3 fully saturated rings. The first-order chi connectivity index (χ1) is 10.7.